The van der Waals surface area contributed by atoms with Gasteiger partial charge < -0.3 is 4.90 Å². The Labute approximate surface area is 106 Å². The fourth-order valence-corrected chi connectivity index (χ4v) is 2.07. The van der Waals surface area contributed by atoms with E-state index in [-0.39, 0.29) is 23.7 Å². The zero-order valence-electron chi connectivity index (χ0n) is 8.59. The second-order valence-corrected chi connectivity index (χ2v) is 4.45. The van der Waals surface area contributed by atoms with Crippen LogP contribution >= 0.6 is 23.2 Å². The van der Waals surface area contributed by atoms with Gasteiger partial charge in [0.25, 0.3) is 5.91 Å². The van der Waals surface area contributed by atoms with Crippen molar-refractivity contribution in [2.45, 2.75) is 12.6 Å². The van der Waals surface area contributed by atoms with Gasteiger partial charge in [0.05, 0.1) is 12.1 Å². The SMILES string of the molecule is O=C(c1cc(F)c(Cl)nc1Cl)N1CCC(F)C1. The average molecular weight is 281 g/mol. The summed E-state index contributed by atoms with van der Waals surface area (Å²) >= 11 is 11.1. The topological polar surface area (TPSA) is 33.2 Å². The number of nitrogens with zero attached hydrogens (tertiary/aromatic N) is 2. The third-order valence-electron chi connectivity index (χ3n) is 2.54. The Hall–Kier alpha value is -0.940. The maximum absolute atomic E-state index is 13.2. The summed E-state index contributed by atoms with van der Waals surface area (Å²) in [6.45, 7) is 0.292. The molecule has 17 heavy (non-hydrogen) atoms. The molecule has 1 aromatic rings. The number of hydrogen-bond acceptors (Lipinski definition) is 2. The van der Waals surface area contributed by atoms with Crippen LogP contribution in [0.25, 0.3) is 0 Å². The maximum Gasteiger partial charge on any atom is 0.257 e. The number of aromatic nitrogens is 1. The van der Waals surface area contributed by atoms with Crippen LogP contribution in [0.15, 0.2) is 6.07 Å². The molecule has 0 aliphatic carbocycles. The van der Waals surface area contributed by atoms with Crippen molar-refractivity contribution in [3.8, 4) is 0 Å². The predicted octanol–water partition coefficient (Wildman–Crippen LogP) is 2.71. The highest BCUT2D eigenvalue weighted by atomic mass is 35.5. The third-order valence-corrected chi connectivity index (χ3v) is 3.09. The van der Waals surface area contributed by atoms with E-state index in [1.54, 1.807) is 0 Å². The fourth-order valence-electron chi connectivity index (χ4n) is 1.67. The van der Waals surface area contributed by atoms with Gasteiger partial charge in [-0.1, -0.05) is 23.2 Å². The molecule has 1 aromatic heterocycles. The molecule has 0 radical (unpaired) electrons. The quantitative estimate of drug-likeness (QED) is 0.741. The fraction of sp³-hybridized carbons (Fsp3) is 0.400. The van der Waals surface area contributed by atoms with Crippen molar-refractivity contribution < 1.29 is 13.6 Å². The lowest BCUT2D eigenvalue weighted by atomic mass is 10.2. The molecule has 2 heterocycles. The minimum Gasteiger partial charge on any atom is -0.336 e. The second kappa shape index (κ2) is 4.74. The van der Waals surface area contributed by atoms with Crippen LogP contribution in [-0.4, -0.2) is 35.1 Å². The lowest BCUT2D eigenvalue weighted by Crippen LogP contribution is -2.29. The van der Waals surface area contributed by atoms with Crippen molar-refractivity contribution in [3.63, 3.8) is 0 Å². The molecule has 3 nitrogen and oxygen atoms in total. The lowest BCUT2D eigenvalue weighted by molar-refractivity contribution is 0.0782. The third kappa shape index (κ3) is 2.50. The Kier molecular flexibility index (Phi) is 3.49. The van der Waals surface area contributed by atoms with Crippen molar-refractivity contribution >= 4 is 29.1 Å². The van der Waals surface area contributed by atoms with E-state index in [4.69, 9.17) is 23.2 Å². The van der Waals surface area contributed by atoms with Crippen LogP contribution < -0.4 is 0 Å². The van der Waals surface area contributed by atoms with Gasteiger partial charge >= 0.3 is 0 Å². The molecule has 0 spiro atoms. The number of amides is 1. The Morgan fingerprint density at radius 3 is 2.76 bits per heavy atom. The van der Waals surface area contributed by atoms with E-state index in [9.17, 15) is 13.6 Å². The minimum atomic E-state index is -1.04. The molecule has 1 aliphatic rings. The van der Waals surface area contributed by atoms with Gasteiger partial charge in [0.2, 0.25) is 0 Å². The van der Waals surface area contributed by atoms with Crippen LogP contribution in [0.3, 0.4) is 0 Å². The molecule has 1 amide bonds. The highest BCUT2D eigenvalue weighted by molar-refractivity contribution is 6.34. The normalized spacial score (nSPS) is 19.8. The first-order chi connectivity index (χ1) is 7.99. The van der Waals surface area contributed by atoms with Gasteiger partial charge in [-0.05, 0) is 12.5 Å². The lowest BCUT2D eigenvalue weighted by Gasteiger charge is -2.15. The van der Waals surface area contributed by atoms with Gasteiger partial charge in [0.15, 0.2) is 11.0 Å². The van der Waals surface area contributed by atoms with Crippen LogP contribution in [0.4, 0.5) is 8.78 Å². The molecule has 0 N–H and O–H groups in total. The van der Waals surface area contributed by atoms with Crippen LogP contribution in [0.2, 0.25) is 10.3 Å². The number of carbonyl (C=O) groups excluding carboxylic acids is 1. The van der Waals surface area contributed by atoms with E-state index in [1.165, 1.54) is 4.90 Å². The minimum absolute atomic E-state index is 0.000588. The number of carbonyl (C=O) groups is 1. The second-order valence-electron chi connectivity index (χ2n) is 3.74. The summed E-state index contributed by atoms with van der Waals surface area (Å²) in [4.78, 5) is 16.7. The van der Waals surface area contributed by atoms with Gasteiger partial charge in [0.1, 0.15) is 11.3 Å². The van der Waals surface area contributed by atoms with Gasteiger partial charge in [-0.3, -0.25) is 4.79 Å². The molecule has 1 aliphatic heterocycles. The Bertz CT molecular complexity index is 470. The van der Waals surface area contributed by atoms with Gasteiger partial charge in [-0.25, -0.2) is 13.8 Å². The molecule has 1 fully saturated rings. The standard InChI is InChI=1S/C10H8Cl2F2N2O/c11-8-6(3-7(14)9(12)15-8)10(17)16-2-1-5(13)4-16/h3,5H,1-2,4H2. The molecule has 92 valence electrons. The van der Waals surface area contributed by atoms with Crippen molar-refractivity contribution in [2.24, 2.45) is 0 Å². The average Bonchev–Trinajstić information content (AvgIpc) is 2.69. The number of likely N-dealkylation sites (tertiary alicyclic amines) is 1. The van der Waals surface area contributed by atoms with Crippen LogP contribution in [0.5, 0.6) is 0 Å². The van der Waals surface area contributed by atoms with Crippen LogP contribution in [-0.2, 0) is 0 Å². The summed E-state index contributed by atoms with van der Waals surface area (Å²) in [5.74, 6) is -1.35. The number of halogens is 4. The number of alkyl halides is 1. The van der Waals surface area contributed by atoms with Gasteiger partial charge in [0, 0.05) is 6.54 Å². The predicted molar refractivity (Wildman–Crippen MR) is 59.6 cm³/mol. The van der Waals surface area contributed by atoms with Crippen molar-refractivity contribution in [1.29, 1.82) is 0 Å². The van der Waals surface area contributed by atoms with Crippen molar-refractivity contribution in [3.05, 3.63) is 27.8 Å². The van der Waals surface area contributed by atoms with E-state index < -0.39 is 23.0 Å². The largest absolute Gasteiger partial charge is 0.336 e. The molecule has 0 bridgehead atoms. The summed E-state index contributed by atoms with van der Waals surface area (Å²) in [5, 5.41) is -0.569. The van der Waals surface area contributed by atoms with Gasteiger partial charge in [-0.15, -0.1) is 0 Å². The molecule has 7 heteroatoms. The van der Waals surface area contributed by atoms with E-state index in [2.05, 4.69) is 4.98 Å². The summed E-state index contributed by atoms with van der Waals surface area (Å²) in [6, 6.07) is 0.922. The molecular weight excluding hydrogens is 273 g/mol. The smallest absolute Gasteiger partial charge is 0.257 e. The van der Waals surface area contributed by atoms with Gasteiger partial charge in [-0.2, -0.15) is 0 Å². The monoisotopic (exact) mass is 280 g/mol. The molecule has 1 unspecified atom stereocenters. The molecule has 0 saturated carbocycles. The molecule has 1 atom stereocenters. The zero-order valence-corrected chi connectivity index (χ0v) is 10.1. The first kappa shape index (κ1) is 12.5. The van der Waals surface area contributed by atoms with E-state index in [0.717, 1.165) is 6.07 Å². The molecule has 0 aromatic carbocycles. The number of rotatable bonds is 1. The Balaban J connectivity index is 2.28. The van der Waals surface area contributed by atoms with E-state index in [0.29, 0.717) is 6.54 Å². The molecular formula is C10H8Cl2F2N2O. The Morgan fingerprint density at radius 1 is 1.47 bits per heavy atom. The number of hydrogen-bond donors (Lipinski definition) is 0. The molecule has 2 rings (SSSR count). The van der Waals surface area contributed by atoms with E-state index >= 15 is 0 Å². The summed E-state index contributed by atoms with van der Waals surface area (Å²) in [7, 11) is 0. The Morgan fingerprint density at radius 2 is 2.18 bits per heavy atom. The summed E-state index contributed by atoms with van der Waals surface area (Å²) in [6.07, 6.45) is -0.754. The summed E-state index contributed by atoms with van der Waals surface area (Å²) in [5.41, 5.74) is -0.0948. The number of pyridine rings is 1. The molecule has 1 saturated heterocycles. The van der Waals surface area contributed by atoms with Crippen molar-refractivity contribution in [2.75, 3.05) is 13.1 Å². The highest BCUT2D eigenvalue weighted by Crippen LogP contribution is 2.23. The highest BCUT2D eigenvalue weighted by Gasteiger charge is 2.28. The van der Waals surface area contributed by atoms with Crippen LogP contribution in [0, 0.1) is 5.82 Å². The van der Waals surface area contributed by atoms with Crippen molar-refractivity contribution in [1.82, 2.24) is 9.88 Å². The zero-order chi connectivity index (χ0) is 12.6. The first-order valence-electron chi connectivity index (χ1n) is 4.94. The summed E-state index contributed by atoms with van der Waals surface area (Å²) < 4.78 is 26.1. The first-order valence-corrected chi connectivity index (χ1v) is 5.69. The maximum atomic E-state index is 13.2. The van der Waals surface area contributed by atoms with E-state index in [1.807, 2.05) is 0 Å². The van der Waals surface area contributed by atoms with Crippen LogP contribution in [0.1, 0.15) is 16.8 Å².